The topological polar surface area (TPSA) is 93.0 Å². The normalized spacial score (nSPS) is 20.4. The van der Waals surface area contributed by atoms with Gasteiger partial charge in [0.25, 0.3) is 5.91 Å². The van der Waals surface area contributed by atoms with Crippen LogP contribution in [0, 0.1) is 0 Å². The third kappa shape index (κ3) is 2.42. The number of nitrogens with zero attached hydrogens (tertiary/aromatic N) is 5. The molecule has 2 amide bonds. The molecule has 3 heterocycles. The lowest BCUT2D eigenvalue weighted by molar-refractivity contribution is -0.121. The van der Waals surface area contributed by atoms with Crippen LogP contribution in [0.15, 0.2) is 59.8 Å². The Balaban J connectivity index is 1.47. The average molecular weight is 378 g/mol. The largest absolute Gasteiger partial charge is 0.323 e. The van der Waals surface area contributed by atoms with E-state index >= 15 is 0 Å². The number of thioether (sulfide) groups is 1. The van der Waals surface area contributed by atoms with Crippen molar-refractivity contribution in [3.8, 4) is 5.69 Å². The molecule has 1 aromatic heterocycles. The molecule has 27 heavy (non-hydrogen) atoms. The van der Waals surface area contributed by atoms with Crippen molar-refractivity contribution in [3.05, 3.63) is 54.9 Å². The standard InChI is InChI=1S/C18H14N6O2S/c25-16-8-9-18(24(16)14-6-1-2-7-15(14)27-18)17(26)20-12-4-3-5-13(10-12)23-11-19-21-22-23/h1-7,10-11H,8-9H2,(H,20,26). The molecule has 1 fully saturated rings. The van der Waals surface area contributed by atoms with Gasteiger partial charge in [-0.25, -0.2) is 4.68 Å². The van der Waals surface area contributed by atoms with Crippen molar-refractivity contribution in [3.63, 3.8) is 0 Å². The summed E-state index contributed by atoms with van der Waals surface area (Å²) in [6, 6.07) is 14.9. The second kappa shape index (κ2) is 5.92. The number of carbonyl (C=O) groups is 2. The SMILES string of the molecule is O=C1CCC2(C(=O)Nc3cccc(-n4cnnn4)c3)Sc3ccccc3N12. The molecule has 2 aromatic carbocycles. The molecule has 8 nitrogen and oxygen atoms in total. The number of rotatable bonds is 3. The summed E-state index contributed by atoms with van der Waals surface area (Å²) in [5, 5.41) is 14.1. The maximum absolute atomic E-state index is 13.3. The highest BCUT2D eigenvalue weighted by Crippen LogP contribution is 2.56. The lowest BCUT2D eigenvalue weighted by Crippen LogP contribution is -2.49. The first-order valence-corrected chi connectivity index (χ1v) is 9.25. The fraction of sp³-hybridized carbons (Fsp3) is 0.167. The van der Waals surface area contributed by atoms with Crippen LogP contribution < -0.4 is 10.2 Å². The van der Waals surface area contributed by atoms with Crippen molar-refractivity contribution in [1.29, 1.82) is 0 Å². The quantitative estimate of drug-likeness (QED) is 0.751. The van der Waals surface area contributed by atoms with E-state index in [0.29, 0.717) is 18.5 Å². The molecule has 1 N–H and O–H groups in total. The van der Waals surface area contributed by atoms with Crippen molar-refractivity contribution in [2.24, 2.45) is 0 Å². The van der Waals surface area contributed by atoms with E-state index in [0.717, 1.165) is 16.3 Å². The van der Waals surface area contributed by atoms with Gasteiger partial charge in [-0.2, -0.15) is 0 Å². The van der Waals surface area contributed by atoms with Crippen LogP contribution in [0.1, 0.15) is 12.8 Å². The second-order valence-electron chi connectivity index (χ2n) is 6.34. The van der Waals surface area contributed by atoms with E-state index in [1.165, 1.54) is 22.8 Å². The third-order valence-corrected chi connectivity index (χ3v) is 6.22. The number of anilines is 2. The number of benzene rings is 2. The predicted molar refractivity (Wildman–Crippen MR) is 99.5 cm³/mol. The van der Waals surface area contributed by atoms with E-state index in [2.05, 4.69) is 20.8 Å². The fourth-order valence-electron chi connectivity index (χ4n) is 3.53. The van der Waals surface area contributed by atoms with Gasteiger partial charge < -0.3 is 5.32 Å². The van der Waals surface area contributed by atoms with Gasteiger partial charge in [0.15, 0.2) is 4.87 Å². The summed E-state index contributed by atoms with van der Waals surface area (Å²) in [6.45, 7) is 0. The Morgan fingerprint density at radius 2 is 2.07 bits per heavy atom. The van der Waals surface area contributed by atoms with E-state index in [1.54, 1.807) is 17.0 Å². The maximum atomic E-state index is 13.3. The summed E-state index contributed by atoms with van der Waals surface area (Å²) >= 11 is 1.44. The zero-order chi connectivity index (χ0) is 18.4. The minimum atomic E-state index is -0.939. The third-order valence-electron chi connectivity index (χ3n) is 4.75. The van der Waals surface area contributed by atoms with E-state index in [-0.39, 0.29) is 11.8 Å². The number of aromatic nitrogens is 4. The smallest absolute Gasteiger partial charge is 0.261 e. The summed E-state index contributed by atoms with van der Waals surface area (Å²) in [5.74, 6) is -0.228. The number of amides is 2. The molecule has 1 unspecified atom stereocenters. The first-order chi connectivity index (χ1) is 13.2. The average Bonchev–Trinajstić information content (AvgIpc) is 3.38. The lowest BCUT2D eigenvalue weighted by Gasteiger charge is -2.29. The second-order valence-corrected chi connectivity index (χ2v) is 7.66. The molecule has 1 atom stereocenters. The van der Waals surface area contributed by atoms with E-state index in [4.69, 9.17) is 0 Å². The van der Waals surface area contributed by atoms with Crippen LogP contribution in [-0.4, -0.2) is 36.9 Å². The lowest BCUT2D eigenvalue weighted by atomic mass is 10.1. The van der Waals surface area contributed by atoms with Gasteiger partial charge in [0, 0.05) is 17.0 Å². The molecular formula is C18H14N6O2S. The highest BCUT2D eigenvalue weighted by atomic mass is 32.2. The number of carbonyl (C=O) groups excluding carboxylic acids is 2. The molecule has 1 saturated heterocycles. The molecule has 5 rings (SSSR count). The molecule has 134 valence electrons. The molecule has 9 heteroatoms. The zero-order valence-electron chi connectivity index (χ0n) is 14.1. The maximum Gasteiger partial charge on any atom is 0.261 e. The van der Waals surface area contributed by atoms with Crippen LogP contribution in [0.2, 0.25) is 0 Å². The Morgan fingerprint density at radius 3 is 2.93 bits per heavy atom. The fourth-order valence-corrected chi connectivity index (χ4v) is 4.95. The van der Waals surface area contributed by atoms with Gasteiger partial charge in [-0.15, -0.1) is 5.10 Å². The zero-order valence-corrected chi connectivity index (χ0v) is 14.9. The Kier molecular flexibility index (Phi) is 3.51. The van der Waals surface area contributed by atoms with Crippen LogP contribution in [0.25, 0.3) is 5.69 Å². The Morgan fingerprint density at radius 1 is 1.19 bits per heavy atom. The summed E-state index contributed by atoms with van der Waals surface area (Å²) in [7, 11) is 0. The van der Waals surface area contributed by atoms with Crippen molar-refractivity contribution in [2.75, 3.05) is 10.2 Å². The van der Waals surface area contributed by atoms with Crippen molar-refractivity contribution in [2.45, 2.75) is 22.6 Å². The first kappa shape index (κ1) is 16.0. The van der Waals surface area contributed by atoms with Gasteiger partial charge in [0.05, 0.1) is 11.4 Å². The summed E-state index contributed by atoms with van der Waals surface area (Å²) in [4.78, 5) is 27.4. The number of tetrazole rings is 1. The van der Waals surface area contributed by atoms with Crippen LogP contribution in [0.4, 0.5) is 11.4 Å². The number of nitrogens with one attached hydrogen (secondary N) is 1. The van der Waals surface area contributed by atoms with Gasteiger partial charge in [0.2, 0.25) is 5.91 Å². The number of hydrogen-bond donors (Lipinski definition) is 1. The Hall–Kier alpha value is -3.20. The highest BCUT2D eigenvalue weighted by Gasteiger charge is 2.57. The Bertz CT molecular complexity index is 1050. The molecule has 0 radical (unpaired) electrons. The summed E-state index contributed by atoms with van der Waals surface area (Å²) < 4.78 is 1.51. The molecule has 3 aromatic rings. The van der Waals surface area contributed by atoms with Gasteiger partial charge >= 0.3 is 0 Å². The van der Waals surface area contributed by atoms with Gasteiger partial charge in [-0.1, -0.05) is 30.0 Å². The van der Waals surface area contributed by atoms with Crippen LogP contribution >= 0.6 is 11.8 Å². The highest BCUT2D eigenvalue weighted by molar-refractivity contribution is 8.02. The van der Waals surface area contributed by atoms with Crippen molar-refractivity contribution in [1.82, 2.24) is 20.2 Å². The van der Waals surface area contributed by atoms with E-state index in [9.17, 15) is 9.59 Å². The molecule has 0 aliphatic carbocycles. The number of para-hydroxylation sites is 1. The van der Waals surface area contributed by atoms with Gasteiger partial charge in [-0.05, 0) is 47.2 Å². The molecule has 0 saturated carbocycles. The molecule has 2 aliphatic rings. The first-order valence-electron chi connectivity index (χ1n) is 8.43. The van der Waals surface area contributed by atoms with Crippen LogP contribution in [0.5, 0.6) is 0 Å². The van der Waals surface area contributed by atoms with Gasteiger partial charge in [0.1, 0.15) is 6.33 Å². The number of fused-ring (bicyclic) bond motifs is 3. The van der Waals surface area contributed by atoms with Gasteiger partial charge in [-0.3, -0.25) is 14.5 Å². The number of hydrogen-bond acceptors (Lipinski definition) is 6. The van der Waals surface area contributed by atoms with Crippen LogP contribution in [-0.2, 0) is 9.59 Å². The minimum absolute atomic E-state index is 0.0231. The van der Waals surface area contributed by atoms with E-state index in [1.807, 2.05) is 36.4 Å². The van der Waals surface area contributed by atoms with Crippen molar-refractivity contribution < 1.29 is 9.59 Å². The Labute approximate surface area is 158 Å². The molecule has 0 spiro atoms. The predicted octanol–water partition coefficient (Wildman–Crippen LogP) is 2.23. The minimum Gasteiger partial charge on any atom is -0.323 e. The monoisotopic (exact) mass is 378 g/mol. The summed E-state index contributed by atoms with van der Waals surface area (Å²) in [6.07, 6.45) is 2.32. The van der Waals surface area contributed by atoms with E-state index < -0.39 is 4.87 Å². The molecule has 0 bridgehead atoms. The summed E-state index contributed by atoms with van der Waals surface area (Å²) in [5.41, 5.74) is 2.16. The van der Waals surface area contributed by atoms with Crippen molar-refractivity contribution >= 4 is 35.0 Å². The van der Waals surface area contributed by atoms with Crippen LogP contribution in [0.3, 0.4) is 0 Å². The molecule has 2 aliphatic heterocycles. The molecular weight excluding hydrogens is 364 g/mol.